The molecular formula is C6O12Pm2-6. The van der Waals surface area contributed by atoms with Crippen LogP contribution in [0.4, 0.5) is 0 Å². The summed E-state index contributed by atoms with van der Waals surface area (Å²) in [4.78, 5) is 53.6. The topological polar surface area (TPSA) is 241 Å². The molecule has 0 aliphatic carbocycles. The monoisotopic (exact) mass is 554 g/mol. The van der Waals surface area contributed by atoms with Gasteiger partial charge in [-0.1, -0.05) is 0 Å². The molecule has 14 heteroatoms. The molecule has 0 aromatic heterocycles. The molecule has 0 heterocycles. The van der Waals surface area contributed by atoms with Crippen LogP contribution < -0.4 is 30.6 Å². The van der Waals surface area contributed by atoms with E-state index in [1.165, 1.54) is 0 Å². The number of carbonyl (C=O) groups excluding carboxylic acids is 6. The first-order valence-corrected chi connectivity index (χ1v) is 3.20. The van der Waals surface area contributed by atoms with Crippen molar-refractivity contribution in [1.29, 1.82) is 0 Å². The van der Waals surface area contributed by atoms with Gasteiger partial charge in [-0.2, -0.15) is 0 Å². The van der Waals surface area contributed by atoms with E-state index in [0.717, 1.165) is 0 Å². The van der Waals surface area contributed by atoms with Crippen molar-refractivity contribution in [3.63, 3.8) is 0 Å². The number of carboxylic acid groups (broad SMARTS) is 6. The molecule has 0 amide bonds. The van der Waals surface area contributed by atoms with Gasteiger partial charge in [-0.05, 0) is 0 Å². The van der Waals surface area contributed by atoms with Crippen LogP contribution in [-0.2, 0) is 28.8 Å². The third-order valence-electron chi connectivity index (χ3n) is 0.500. The van der Waals surface area contributed by atoms with Gasteiger partial charge in [0.2, 0.25) is 0 Å². The van der Waals surface area contributed by atoms with Gasteiger partial charge >= 0.3 is 0 Å². The molecule has 0 aromatic rings. The Morgan fingerprint density at radius 3 is 0.400 bits per heavy atom. The summed E-state index contributed by atoms with van der Waals surface area (Å²) in [5.41, 5.74) is 0. The van der Waals surface area contributed by atoms with Crippen molar-refractivity contribution in [3.05, 3.63) is 0 Å². The van der Waals surface area contributed by atoms with E-state index in [1.807, 2.05) is 0 Å². The van der Waals surface area contributed by atoms with E-state index < -0.39 is 35.8 Å². The molecule has 0 rings (SSSR count). The molecule has 0 aliphatic heterocycles. The van der Waals surface area contributed by atoms with Crippen molar-refractivity contribution >= 4 is 35.8 Å². The van der Waals surface area contributed by atoms with Crippen molar-refractivity contribution in [3.8, 4) is 0 Å². The first-order chi connectivity index (χ1) is 7.93. The largest absolute Gasteiger partial charge is 0.543 e. The first kappa shape index (κ1) is 31.7. The Balaban J connectivity index is -0.0000000536. The summed E-state index contributed by atoms with van der Waals surface area (Å²) < 4.78 is 0. The number of aliphatic carboxylic acids is 6. The molecule has 0 saturated heterocycles. The Morgan fingerprint density at radius 2 is 0.400 bits per heavy atom. The van der Waals surface area contributed by atoms with Crippen molar-refractivity contribution in [2.45, 2.75) is 0 Å². The van der Waals surface area contributed by atoms with Crippen molar-refractivity contribution < 1.29 is 140 Å². The molecule has 20 heavy (non-hydrogen) atoms. The number of rotatable bonds is 0. The minimum atomic E-state index is -2.19. The van der Waals surface area contributed by atoms with E-state index in [0.29, 0.717) is 0 Å². The predicted molar refractivity (Wildman–Crippen MR) is 30.0 cm³/mol. The van der Waals surface area contributed by atoms with Gasteiger partial charge in [0.25, 0.3) is 0 Å². The summed E-state index contributed by atoms with van der Waals surface area (Å²) in [5, 5.41) is 53.6. The summed E-state index contributed by atoms with van der Waals surface area (Å²) in [6, 6.07) is 0. The minimum absolute atomic E-state index is 0. The molecule has 2 radical (unpaired) electrons. The molecule has 112 valence electrons. The Morgan fingerprint density at radius 1 is 0.350 bits per heavy atom. The van der Waals surface area contributed by atoms with E-state index in [-0.39, 0.29) is 80.8 Å². The Bertz CT molecular complexity index is 281. The summed E-state index contributed by atoms with van der Waals surface area (Å²) in [7, 11) is 0. The molecule has 0 bridgehead atoms. The first-order valence-electron chi connectivity index (χ1n) is 3.20. The molecule has 0 spiro atoms. The van der Waals surface area contributed by atoms with Gasteiger partial charge in [-0.15, -0.1) is 0 Å². The van der Waals surface area contributed by atoms with Crippen LogP contribution in [0, 0.1) is 80.8 Å². The third-order valence-corrected chi connectivity index (χ3v) is 0.500. The van der Waals surface area contributed by atoms with E-state index in [9.17, 15) is 0 Å². The summed E-state index contributed by atoms with van der Waals surface area (Å²) >= 11 is 0. The average molecular weight is 554 g/mol. The van der Waals surface area contributed by atoms with E-state index in [2.05, 4.69) is 0 Å². The van der Waals surface area contributed by atoms with E-state index in [1.54, 1.807) is 0 Å². The zero-order chi connectivity index (χ0) is 15.5. The zero-order valence-electron chi connectivity index (χ0n) is 8.79. The second-order valence-corrected chi connectivity index (χ2v) is 1.72. The molecule has 0 atom stereocenters. The van der Waals surface area contributed by atoms with Crippen molar-refractivity contribution in [2.75, 3.05) is 0 Å². The third kappa shape index (κ3) is 36.0. The fourth-order valence-electron chi connectivity index (χ4n) is 0. The van der Waals surface area contributed by atoms with Gasteiger partial charge in [0.15, 0.2) is 0 Å². The number of carbonyl (C=O) groups is 6. The quantitative estimate of drug-likeness (QED) is 0.254. The second kappa shape index (κ2) is 18.5. The maximum Gasteiger partial charge on any atom is 0.0870 e. The van der Waals surface area contributed by atoms with Crippen LogP contribution in [0.3, 0.4) is 0 Å². The Kier molecular flexibility index (Phi) is 29.4. The van der Waals surface area contributed by atoms with Gasteiger partial charge in [0, 0.05) is 80.8 Å². The van der Waals surface area contributed by atoms with Crippen LogP contribution in [-0.4, -0.2) is 35.8 Å². The standard InChI is InChI=1S/3C2H2O4.2Pm/c3*3-1(4)2(5)6;;/h3*(H,3,4)(H,5,6);;/p-6. The molecule has 0 saturated carbocycles. The Hall–Kier alpha value is -0.505. The fourth-order valence-corrected chi connectivity index (χ4v) is 0. The molecule has 0 aliphatic rings. The molecule has 12 nitrogen and oxygen atoms in total. The van der Waals surface area contributed by atoms with Crippen molar-refractivity contribution in [1.82, 2.24) is 0 Å². The van der Waals surface area contributed by atoms with E-state index in [4.69, 9.17) is 59.4 Å². The molecule has 0 unspecified atom stereocenters. The van der Waals surface area contributed by atoms with Gasteiger partial charge in [-0.3, -0.25) is 0 Å². The predicted octanol–water partition coefficient (Wildman–Crippen LogP) is -10.5. The Labute approximate surface area is 174 Å². The molecule has 0 N–H and O–H groups in total. The van der Waals surface area contributed by atoms with Gasteiger partial charge in [-0.25, -0.2) is 0 Å². The van der Waals surface area contributed by atoms with Gasteiger partial charge in [0.1, 0.15) is 0 Å². The number of hydrogen-bond acceptors (Lipinski definition) is 12. The van der Waals surface area contributed by atoms with Crippen molar-refractivity contribution in [2.24, 2.45) is 0 Å². The molecule has 0 fully saturated rings. The maximum atomic E-state index is 8.93. The summed E-state index contributed by atoms with van der Waals surface area (Å²) in [6.45, 7) is 0. The zero-order valence-corrected chi connectivity index (χ0v) is 14.5. The van der Waals surface area contributed by atoms with E-state index >= 15 is 0 Å². The SMILES string of the molecule is O=C([O-])C(=O)[O-].O=C([O-])C(=O)[O-].O=C([O-])C(=O)[O-].[Pm].[Pm]. The van der Waals surface area contributed by atoms with Crippen LogP contribution >= 0.6 is 0 Å². The van der Waals surface area contributed by atoms with Gasteiger partial charge in [0.05, 0.1) is 35.8 Å². The smallest absolute Gasteiger partial charge is 0.0870 e. The minimum Gasteiger partial charge on any atom is -0.543 e. The number of carboxylic acids is 6. The fraction of sp³-hybridized carbons (Fsp3) is 0. The van der Waals surface area contributed by atoms with Gasteiger partial charge < -0.3 is 59.4 Å². The number of hydrogen-bond donors (Lipinski definition) is 0. The van der Waals surface area contributed by atoms with Crippen LogP contribution in [0.25, 0.3) is 0 Å². The van der Waals surface area contributed by atoms with Crippen LogP contribution in [0.15, 0.2) is 0 Å². The molecular weight excluding hydrogens is 554 g/mol. The second-order valence-electron chi connectivity index (χ2n) is 1.72. The average Bonchev–Trinajstić information content (AvgIpc) is 2.18. The van der Waals surface area contributed by atoms with Crippen LogP contribution in [0.1, 0.15) is 0 Å². The maximum absolute atomic E-state index is 8.93. The summed E-state index contributed by atoms with van der Waals surface area (Å²) in [5.74, 6) is -13.1. The van der Waals surface area contributed by atoms with Crippen LogP contribution in [0.5, 0.6) is 0 Å². The molecule has 0 aromatic carbocycles. The normalized spacial score (nSPS) is 6.60. The van der Waals surface area contributed by atoms with Crippen LogP contribution in [0.2, 0.25) is 0 Å². The summed E-state index contributed by atoms with van der Waals surface area (Å²) in [6.07, 6.45) is 0.